The standard InChI is InChI=1S/C9H7FN2OS/c10-7-3-1-2-4-8(7)14-5-9(13)12-6-11/h1-4H,5H2,(H,12,13). The zero-order chi connectivity index (χ0) is 10.4. The predicted octanol–water partition coefficient (Wildman–Crippen LogP) is 1.52. The molecular weight excluding hydrogens is 203 g/mol. The number of hydrogen-bond donors (Lipinski definition) is 1. The predicted molar refractivity (Wildman–Crippen MR) is 50.9 cm³/mol. The second kappa shape index (κ2) is 5.25. The molecule has 1 aromatic rings. The first-order valence-electron chi connectivity index (χ1n) is 3.79. The van der Waals surface area contributed by atoms with Gasteiger partial charge in [-0.3, -0.25) is 10.1 Å². The smallest absolute Gasteiger partial charge is 0.243 e. The Hall–Kier alpha value is -1.54. The lowest BCUT2D eigenvalue weighted by atomic mass is 10.3. The van der Waals surface area contributed by atoms with Gasteiger partial charge in [0.1, 0.15) is 5.82 Å². The minimum Gasteiger partial charge on any atom is -0.273 e. The summed E-state index contributed by atoms with van der Waals surface area (Å²) in [6.07, 6.45) is 1.51. The number of halogens is 1. The molecule has 3 nitrogen and oxygen atoms in total. The third-order valence-corrected chi connectivity index (χ3v) is 2.44. The highest BCUT2D eigenvalue weighted by Crippen LogP contribution is 2.20. The Kier molecular flexibility index (Phi) is 3.95. The van der Waals surface area contributed by atoms with Crippen LogP contribution in [0.4, 0.5) is 4.39 Å². The summed E-state index contributed by atoms with van der Waals surface area (Å²) in [5, 5.41) is 10.1. The van der Waals surface area contributed by atoms with Gasteiger partial charge in [0, 0.05) is 4.90 Å². The minimum atomic E-state index is -0.430. The molecular formula is C9H7FN2OS. The molecule has 0 heterocycles. The van der Waals surface area contributed by atoms with Gasteiger partial charge < -0.3 is 0 Å². The highest BCUT2D eigenvalue weighted by atomic mass is 32.2. The topological polar surface area (TPSA) is 52.9 Å². The van der Waals surface area contributed by atoms with Crippen molar-refractivity contribution >= 4 is 17.7 Å². The Bertz CT molecular complexity index is 375. The lowest BCUT2D eigenvalue weighted by Crippen LogP contribution is -2.19. The fourth-order valence-corrected chi connectivity index (χ4v) is 1.54. The Morgan fingerprint density at radius 2 is 2.29 bits per heavy atom. The molecule has 0 saturated heterocycles. The SMILES string of the molecule is N#CNC(=O)CSc1ccccc1F. The summed E-state index contributed by atoms with van der Waals surface area (Å²) in [4.78, 5) is 11.3. The lowest BCUT2D eigenvalue weighted by molar-refractivity contribution is -0.117. The molecule has 0 bridgehead atoms. The van der Waals surface area contributed by atoms with Crippen LogP contribution in [-0.4, -0.2) is 11.7 Å². The van der Waals surface area contributed by atoms with Crippen molar-refractivity contribution in [1.82, 2.24) is 5.32 Å². The quantitative estimate of drug-likeness (QED) is 0.467. The summed E-state index contributed by atoms with van der Waals surface area (Å²) < 4.78 is 13.0. The van der Waals surface area contributed by atoms with E-state index in [0.717, 1.165) is 11.8 Å². The number of nitrogens with zero attached hydrogens (tertiary/aromatic N) is 1. The van der Waals surface area contributed by atoms with Crippen LogP contribution >= 0.6 is 11.8 Å². The summed E-state index contributed by atoms with van der Waals surface area (Å²) in [6, 6.07) is 6.17. The van der Waals surface area contributed by atoms with E-state index in [2.05, 4.69) is 0 Å². The van der Waals surface area contributed by atoms with Gasteiger partial charge in [0.15, 0.2) is 6.19 Å². The molecule has 0 atom stereocenters. The number of hydrogen-bond acceptors (Lipinski definition) is 3. The zero-order valence-electron chi connectivity index (χ0n) is 7.16. The van der Waals surface area contributed by atoms with Gasteiger partial charge in [-0.2, -0.15) is 5.26 Å². The molecule has 72 valence electrons. The summed E-state index contributed by atoms with van der Waals surface area (Å²) in [7, 11) is 0. The number of benzene rings is 1. The van der Waals surface area contributed by atoms with Crippen molar-refractivity contribution in [3.05, 3.63) is 30.1 Å². The number of amides is 1. The summed E-state index contributed by atoms with van der Waals surface area (Å²) in [5.74, 6) is -0.753. The first-order valence-corrected chi connectivity index (χ1v) is 4.78. The Morgan fingerprint density at radius 3 is 2.93 bits per heavy atom. The first kappa shape index (κ1) is 10.5. The third kappa shape index (κ3) is 3.07. The van der Waals surface area contributed by atoms with E-state index >= 15 is 0 Å². The van der Waals surface area contributed by atoms with E-state index < -0.39 is 5.91 Å². The second-order valence-corrected chi connectivity index (χ2v) is 3.40. The zero-order valence-corrected chi connectivity index (χ0v) is 7.97. The fraction of sp³-hybridized carbons (Fsp3) is 0.111. The van der Waals surface area contributed by atoms with E-state index in [-0.39, 0.29) is 11.6 Å². The molecule has 0 aliphatic rings. The average Bonchev–Trinajstić information content (AvgIpc) is 2.17. The number of carbonyl (C=O) groups excluding carboxylic acids is 1. The average molecular weight is 210 g/mol. The molecule has 1 N–H and O–H groups in total. The van der Waals surface area contributed by atoms with E-state index in [1.807, 2.05) is 5.32 Å². The van der Waals surface area contributed by atoms with Gasteiger partial charge in [-0.25, -0.2) is 4.39 Å². The molecule has 0 aromatic heterocycles. The number of nitrogens with one attached hydrogen (secondary N) is 1. The summed E-state index contributed by atoms with van der Waals surface area (Å²) >= 11 is 1.06. The van der Waals surface area contributed by atoms with Crippen LogP contribution in [-0.2, 0) is 4.79 Å². The monoisotopic (exact) mass is 210 g/mol. The highest BCUT2D eigenvalue weighted by Gasteiger charge is 2.04. The molecule has 1 aromatic carbocycles. The van der Waals surface area contributed by atoms with Gasteiger partial charge in [-0.15, -0.1) is 11.8 Å². The van der Waals surface area contributed by atoms with E-state index in [4.69, 9.17) is 5.26 Å². The van der Waals surface area contributed by atoms with Gasteiger partial charge in [-0.05, 0) is 12.1 Å². The number of nitriles is 1. The van der Waals surface area contributed by atoms with Crippen LogP contribution in [0.2, 0.25) is 0 Å². The van der Waals surface area contributed by atoms with Gasteiger partial charge >= 0.3 is 0 Å². The van der Waals surface area contributed by atoms with Crippen LogP contribution < -0.4 is 5.32 Å². The highest BCUT2D eigenvalue weighted by molar-refractivity contribution is 8.00. The maximum atomic E-state index is 13.0. The summed E-state index contributed by atoms with van der Waals surface area (Å²) in [6.45, 7) is 0. The van der Waals surface area contributed by atoms with Crippen molar-refractivity contribution in [3.63, 3.8) is 0 Å². The van der Waals surface area contributed by atoms with Gasteiger partial charge in [0.2, 0.25) is 5.91 Å². The van der Waals surface area contributed by atoms with E-state index in [1.54, 1.807) is 18.2 Å². The van der Waals surface area contributed by atoms with Crippen molar-refractivity contribution in [2.45, 2.75) is 4.90 Å². The van der Waals surface area contributed by atoms with Crippen molar-refractivity contribution in [2.24, 2.45) is 0 Å². The first-order chi connectivity index (χ1) is 6.74. The molecule has 0 saturated carbocycles. The van der Waals surface area contributed by atoms with Gasteiger partial charge in [-0.1, -0.05) is 12.1 Å². The molecule has 0 fully saturated rings. The van der Waals surface area contributed by atoms with Crippen molar-refractivity contribution in [1.29, 1.82) is 5.26 Å². The van der Waals surface area contributed by atoms with Crippen molar-refractivity contribution in [3.8, 4) is 6.19 Å². The van der Waals surface area contributed by atoms with Gasteiger partial charge in [0.05, 0.1) is 5.75 Å². The molecule has 0 unspecified atom stereocenters. The lowest BCUT2D eigenvalue weighted by Gasteiger charge is -2.00. The third-order valence-electron chi connectivity index (χ3n) is 1.39. The fourth-order valence-electron chi connectivity index (χ4n) is 0.804. The van der Waals surface area contributed by atoms with Crippen LogP contribution in [0.15, 0.2) is 29.2 Å². The minimum absolute atomic E-state index is 0.0362. The molecule has 1 amide bonds. The largest absolute Gasteiger partial charge is 0.273 e. The molecule has 5 heteroatoms. The number of carbonyl (C=O) groups is 1. The Morgan fingerprint density at radius 1 is 1.57 bits per heavy atom. The molecule has 0 spiro atoms. The number of rotatable bonds is 3. The maximum Gasteiger partial charge on any atom is 0.243 e. The van der Waals surface area contributed by atoms with E-state index in [9.17, 15) is 9.18 Å². The normalized spacial score (nSPS) is 9.14. The van der Waals surface area contributed by atoms with Crippen LogP contribution in [0.5, 0.6) is 0 Å². The molecule has 0 aliphatic carbocycles. The molecule has 0 aliphatic heterocycles. The second-order valence-electron chi connectivity index (χ2n) is 2.38. The van der Waals surface area contributed by atoms with Crippen molar-refractivity contribution in [2.75, 3.05) is 5.75 Å². The van der Waals surface area contributed by atoms with Crippen LogP contribution in [0.25, 0.3) is 0 Å². The summed E-state index contributed by atoms with van der Waals surface area (Å²) in [5.41, 5.74) is 0. The Balaban J connectivity index is 2.51. The van der Waals surface area contributed by atoms with Crippen LogP contribution in [0, 0.1) is 17.3 Å². The van der Waals surface area contributed by atoms with Crippen molar-refractivity contribution < 1.29 is 9.18 Å². The Labute approximate surface area is 84.9 Å². The number of thioether (sulfide) groups is 1. The molecule has 0 radical (unpaired) electrons. The van der Waals surface area contributed by atoms with Crippen LogP contribution in [0.3, 0.4) is 0 Å². The molecule has 1 rings (SSSR count). The van der Waals surface area contributed by atoms with Crippen LogP contribution in [0.1, 0.15) is 0 Å². The maximum absolute atomic E-state index is 13.0. The van der Waals surface area contributed by atoms with Gasteiger partial charge in [0.25, 0.3) is 0 Å². The van der Waals surface area contributed by atoms with E-state index in [0.29, 0.717) is 4.90 Å². The molecule has 14 heavy (non-hydrogen) atoms. The van der Waals surface area contributed by atoms with E-state index in [1.165, 1.54) is 12.3 Å².